The monoisotopic (exact) mass is 298 g/mol. The van der Waals surface area contributed by atoms with Crippen LogP contribution in [0.5, 0.6) is 0 Å². The molecule has 1 aliphatic heterocycles. The van der Waals surface area contributed by atoms with E-state index in [-0.39, 0.29) is 0 Å². The molecule has 4 nitrogen and oxygen atoms in total. The number of anilines is 1. The van der Waals surface area contributed by atoms with E-state index < -0.39 is 0 Å². The van der Waals surface area contributed by atoms with Gasteiger partial charge in [-0.1, -0.05) is 17.7 Å². The molecule has 1 aromatic rings. The highest BCUT2D eigenvalue weighted by atomic mass is 35.5. The predicted octanol–water partition coefficient (Wildman–Crippen LogP) is 2.30. The molecule has 2 rings (SSSR count). The molecule has 0 aromatic heterocycles. The topological polar surface area (TPSA) is 33.7 Å². The Morgan fingerprint density at radius 1 is 1.35 bits per heavy atom. The summed E-state index contributed by atoms with van der Waals surface area (Å²) in [4.78, 5) is 2.37. The van der Waals surface area contributed by atoms with Crippen molar-refractivity contribution in [2.24, 2.45) is 0 Å². The van der Waals surface area contributed by atoms with Crippen LogP contribution in [0, 0.1) is 0 Å². The maximum Gasteiger partial charge on any atom is 0.0641 e. The molecule has 1 saturated heterocycles. The summed E-state index contributed by atoms with van der Waals surface area (Å²) in [7, 11) is 1.71. The largest absolute Gasteiger partial charge is 0.383 e. The van der Waals surface area contributed by atoms with Crippen LogP contribution in [0.2, 0.25) is 5.02 Å². The maximum atomic E-state index is 6.37. The number of rotatable bonds is 6. The van der Waals surface area contributed by atoms with E-state index in [2.05, 4.69) is 16.3 Å². The van der Waals surface area contributed by atoms with E-state index in [9.17, 15) is 0 Å². The van der Waals surface area contributed by atoms with Crippen LogP contribution >= 0.6 is 11.6 Å². The lowest BCUT2D eigenvalue weighted by Crippen LogP contribution is -2.28. The summed E-state index contributed by atoms with van der Waals surface area (Å²) in [6, 6.07) is 6.11. The van der Waals surface area contributed by atoms with Crippen LogP contribution in [0.3, 0.4) is 0 Å². The number of methoxy groups -OCH3 is 1. The van der Waals surface area contributed by atoms with E-state index in [0.717, 1.165) is 56.4 Å². The Kier molecular flexibility index (Phi) is 6.60. The molecule has 0 amide bonds. The maximum absolute atomic E-state index is 6.37. The average Bonchev–Trinajstić information content (AvgIpc) is 2.74. The molecule has 1 aromatic carbocycles. The molecule has 0 saturated carbocycles. The summed E-state index contributed by atoms with van der Waals surface area (Å²) in [6.07, 6.45) is 1.06. The van der Waals surface area contributed by atoms with Gasteiger partial charge in [-0.3, -0.25) is 0 Å². The van der Waals surface area contributed by atoms with Crippen LogP contribution in [0.25, 0.3) is 0 Å². The van der Waals surface area contributed by atoms with Crippen LogP contribution in [-0.2, 0) is 16.0 Å². The van der Waals surface area contributed by atoms with Crippen molar-refractivity contribution < 1.29 is 9.47 Å². The molecule has 0 aliphatic carbocycles. The van der Waals surface area contributed by atoms with Gasteiger partial charge >= 0.3 is 0 Å². The Bertz CT molecular complexity index is 407. The van der Waals surface area contributed by atoms with Gasteiger partial charge in [0.05, 0.1) is 13.2 Å². The van der Waals surface area contributed by atoms with Crippen molar-refractivity contribution in [1.82, 2.24) is 5.32 Å². The van der Waals surface area contributed by atoms with E-state index in [1.165, 1.54) is 5.69 Å². The van der Waals surface area contributed by atoms with Crippen molar-refractivity contribution in [2.45, 2.75) is 13.0 Å². The van der Waals surface area contributed by atoms with Crippen LogP contribution in [0.15, 0.2) is 18.2 Å². The second-order valence-electron chi connectivity index (χ2n) is 4.86. The van der Waals surface area contributed by atoms with Gasteiger partial charge < -0.3 is 19.7 Å². The Labute approximate surface area is 126 Å². The van der Waals surface area contributed by atoms with E-state index in [1.54, 1.807) is 7.11 Å². The highest BCUT2D eigenvalue weighted by Crippen LogP contribution is 2.28. The molecule has 112 valence electrons. The Balaban J connectivity index is 2.08. The zero-order chi connectivity index (χ0) is 14.2. The number of ether oxygens (including phenoxy) is 2. The molecule has 1 aliphatic rings. The number of nitrogens with zero attached hydrogens (tertiary/aromatic N) is 1. The smallest absolute Gasteiger partial charge is 0.0641 e. The third kappa shape index (κ3) is 4.35. The molecular formula is C15H23ClN2O2. The predicted molar refractivity (Wildman–Crippen MR) is 82.7 cm³/mol. The van der Waals surface area contributed by atoms with Crippen LogP contribution in [-0.4, -0.2) is 46.6 Å². The zero-order valence-electron chi connectivity index (χ0n) is 12.0. The molecule has 1 N–H and O–H groups in total. The molecule has 0 bridgehead atoms. The SMILES string of the molecule is COCCNCc1c(Cl)cccc1N1CCCOCC1. The molecule has 5 heteroatoms. The minimum absolute atomic E-state index is 0.706. The van der Waals surface area contributed by atoms with Gasteiger partial charge in [-0.2, -0.15) is 0 Å². The molecule has 1 fully saturated rings. The number of nitrogens with one attached hydrogen (secondary N) is 1. The fraction of sp³-hybridized carbons (Fsp3) is 0.600. The van der Waals surface area contributed by atoms with E-state index in [0.29, 0.717) is 6.61 Å². The van der Waals surface area contributed by atoms with Gasteiger partial charge in [-0.05, 0) is 18.6 Å². The number of halogens is 1. The first-order valence-electron chi connectivity index (χ1n) is 7.12. The first-order valence-corrected chi connectivity index (χ1v) is 7.50. The first-order chi connectivity index (χ1) is 9.83. The quantitative estimate of drug-likeness (QED) is 0.817. The Morgan fingerprint density at radius 3 is 3.10 bits per heavy atom. The lowest BCUT2D eigenvalue weighted by atomic mass is 10.1. The van der Waals surface area contributed by atoms with Crippen LogP contribution < -0.4 is 10.2 Å². The second-order valence-corrected chi connectivity index (χ2v) is 5.27. The third-order valence-corrected chi connectivity index (χ3v) is 3.80. The normalized spacial score (nSPS) is 16.2. The zero-order valence-corrected chi connectivity index (χ0v) is 12.8. The lowest BCUT2D eigenvalue weighted by molar-refractivity contribution is 0.152. The van der Waals surface area contributed by atoms with Crippen LogP contribution in [0.1, 0.15) is 12.0 Å². The summed E-state index contributed by atoms with van der Waals surface area (Å²) < 4.78 is 10.6. The van der Waals surface area contributed by atoms with Gasteiger partial charge in [0.2, 0.25) is 0 Å². The minimum Gasteiger partial charge on any atom is -0.383 e. The first kappa shape index (κ1) is 15.6. The molecule has 0 spiro atoms. The summed E-state index contributed by atoms with van der Waals surface area (Å²) in [5.74, 6) is 0. The molecule has 20 heavy (non-hydrogen) atoms. The standard InChI is InChI=1S/C15H23ClN2O2/c1-19-10-6-17-12-13-14(16)4-2-5-15(13)18-7-3-9-20-11-8-18/h2,4-5,17H,3,6-12H2,1H3. The van der Waals surface area contributed by atoms with Gasteiger partial charge in [-0.25, -0.2) is 0 Å². The Hall–Kier alpha value is -0.810. The van der Waals surface area contributed by atoms with Crippen molar-refractivity contribution in [1.29, 1.82) is 0 Å². The second kappa shape index (κ2) is 8.47. The Morgan fingerprint density at radius 2 is 2.25 bits per heavy atom. The number of hydrogen-bond donors (Lipinski definition) is 1. The van der Waals surface area contributed by atoms with Crippen molar-refractivity contribution in [2.75, 3.05) is 51.5 Å². The van der Waals surface area contributed by atoms with Crippen molar-refractivity contribution in [3.05, 3.63) is 28.8 Å². The molecule has 0 radical (unpaired) electrons. The van der Waals surface area contributed by atoms with E-state index >= 15 is 0 Å². The summed E-state index contributed by atoms with van der Waals surface area (Å²) in [5.41, 5.74) is 2.38. The molecule has 0 atom stereocenters. The van der Waals surface area contributed by atoms with E-state index in [1.807, 2.05) is 12.1 Å². The van der Waals surface area contributed by atoms with Gasteiger partial charge in [0.15, 0.2) is 0 Å². The lowest BCUT2D eigenvalue weighted by Gasteiger charge is -2.25. The minimum atomic E-state index is 0.706. The van der Waals surface area contributed by atoms with Gasteiger partial charge in [-0.15, -0.1) is 0 Å². The van der Waals surface area contributed by atoms with Crippen molar-refractivity contribution >= 4 is 17.3 Å². The van der Waals surface area contributed by atoms with Gasteiger partial charge in [0, 0.05) is 56.2 Å². The van der Waals surface area contributed by atoms with Gasteiger partial charge in [0.1, 0.15) is 0 Å². The van der Waals surface area contributed by atoms with E-state index in [4.69, 9.17) is 21.1 Å². The molecule has 0 unspecified atom stereocenters. The van der Waals surface area contributed by atoms with Crippen molar-refractivity contribution in [3.63, 3.8) is 0 Å². The number of benzene rings is 1. The number of hydrogen-bond acceptors (Lipinski definition) is 4. The summed E-state index contributed by atoms with van der Waals surface area (Å²) in [6.45, 7) is 5.86. The third-order valence-electron chi connectivity index (χ3n) is 3.44. The summed E-state index contributed by atoms with van der Waals surface area (Å²) in [5, 5.41) is 4.19. The molecule has 1 heterocycles. The fourth-order valence-corrected chi connectivity index (χ4v) is 2.63. The highest BCUT2D eigenvalue weighted by molar-refractivity contribution is 6.31. The molecular weight excluding hydrogens is 276 g/mol. The van der Waals surface area contributed by atoms with Crippen molar-refractivity contribution in [3.8, 4) is 0 Å². The summed E-state index contributed by atoms with van der Waals surface area (Å²) >= 11 is 6.37. The van der Waals surface area contributed by atoms with Crippen LogP contribution in [0.4, 0.5) is 5.69 Å². The highest BCUT2D eigenvalue weighted by Gasteiger charge is 2.15. The average molecular weight is 299 g/mol. The fourth-order valence-electron chi connectivity index (χ4n) is 2.39. The van der Waals surface area contributed by atoms with Gasteiger partial charge in [0.25, 0.3) is 0 Å².